The molecule has 0 unspecified atom stereocenters. The summed E-state index contributed by atoms with van der Waals surface area (Å²) in [6.07, 6.45) is -5.24. The van der Waals surface area contributed by atoms with Gasteiger partial charge >= 0.3 is 18.1 Å². The lowest BCUT2D eigenvalue weighted by Gasteiger charge is -2.12. The summed E-state index contributed by atoms with van der Waals surface area (Å²) in [5.41, 5.74) is -1.19. The first kappa shape index (κ1) is 15.3. The largest absolute Gasteiger partial charge is 0.481 e. The molecule has 0 aliphatic rings. The molecule has 0 heterocycles. The Kier molecular flexibility index (Phi) is 4.41. The first-order valence-electron chi connectivity index (χ1n) is 4.94. The maximum atomic E-state index is 12.6. The van der Waals surface area contributed by atoms with E-state index in [0.717, 1.165) is 12.1 Å². The van der Waals surface area contributed by atoms with Gasteiger partial charge < -0.3 is 10.2 Å². The third-order valence-electron chi connectivity index (χ3n) is 2.37. The summed E-state index contributed by atoms with van der Waals surface area (Å²) in [5, 5.41) is 16.8. The van der Waals surface area contributed by atoms with E-state index in [1.165, 1.54) is 0 Å². The molecule has 0 bridgehead atoms. The van der Waals surface area contributed by atoms with Crippen molar-refractivity contribution >= 4 is 23.5 Å². The van der Waals surface area contributed by atoms with E-state index in [2.05, 4.69) is 0 Å². The molecular weight excluding hydrogens is 289 g/mol. The number of halogens is 4. The van der Waals surface area contributed by atoms with E-state index in [-0.39, 0.29) is 5.56 Å². The third kappa shape index (κ3) is 3.85. The van der Waals surface area contributed by atoms with Crippen LogP contribution in [0.15, 0.2) is 18.2 Å². The topological polar surface area (TPSA) is 74.6 Å². The molecule has 0 aliphatic carbocycles. The van der Waals surface area contributed by atoms with Crippen LogP contribution in [0.4, 0.5) is 13.2 Å². The van der Waals surface area contributed by atoms with Crippen molar-refractivity contribution in [3.63, 3.8) is 0 Å². The average molecular weight is 297 g/mol. The smallest absolute Gasteiger partial charge is 0.417 e. The molecule has 0 radical (unpaired) electrons. The summed E-state index contributed by atoms with van der Waals surface area (Å²) < 4.78 is 37.7. The fraction of sp³-hybridized carbons (Fsp3) is 0.273. The third-order valence-corrected chi connectivity index (χ3v) is 2.70. The zero-order valence-corrected chi connectivity index (χ0v) is 10.00. The quantitative estimate of drug-likeness (QED) is 0.838. The Labute approximate surface area is 110 Å². The number of carboxylic acid groups (broad SMARTS) is 2. The molecule has 0 saturated carbocycles. The van der Waals surface area contributed by atoms with Crippen LogP contribution in [0.3, 0.4) is 0 Å². The molecule has 0 saturated heterocycles. The van der Waals surface area contributed by atoms with Crippen molar-refractivity contribution < 1.29 is 33.0 Å². The van der Waals surface area contributed by atoms with Crippen LogP contribution in [-0.2, 0) is 22.2 Å². The van der Waals surface area contributed by atoms with Crippen LogP contribution in [0, 0.1) is 5.92 Å². The van der Waals surface area contributed by atoms with Gasteiger partial charge in [-0.15, -0.1) is 0 Å². The zero-order valence-electron chi connectivity index (χ0n) is 9.24. The number of carbonyl (C=O) groups is 2. The lowest BCUT2D eigenvalue weighted by Crippen LogP contribution is -2.25. The van der Waals surface area contributed by atoms with E-state index in [1.807, 2.05) is 0 Å². The minimum atomic E-state index is -4.69. The molecule has 1 aromatic rings. The predicted molar refractivity (Wildman–Crippen MR) is 58.9 cm³/mol. The standard InChI is InChI=1S/C11H8ClF3O4/c12-8-2-1-5(4-7(8)11(13,14)15)3-6(9(16)17)10(18)19/h1-2,4,6H,3H2,(H,16,17)(H,18,19). The Hall–Kier alpha value is -1.76. The van der Waals surface area contributed by atoms with Crippen LogP contribution in [0.2, 0.25) is 5.02 Å². The van der Waals surface area contributed by atoms with Gasteiger partial charge in [0.05, 0.1) is 10.6 Å². The molecule has 1 rings (SSSR count). The average Bonchev–Trinajstić information content (AvgIpc) is 2.25. The van der Waals surface area contributed by atoms with Gasteiger partial charge in [-0.2, -0.15) is 13.2 Å². The van der Waals surface area contributed by atoms with Crippen molar-refractivity contribution in [3.8, 4) is 0 Å². The number of aliphatic carboxylic acids is 2. The van der Waals surface area contributed by atoms with Crippen LogP contribution in [-0.4, -0.2) is 22.2 Å². The van der Waals surface area contributed by atoms with Gasteiger partial charge in [-0.1, -0.05) is 17.7 Å². The maximum Gasteiger partial charge on any atom is 0.417 e. The van der Waals surface area contributed by atoms with Gasteiger partial charge in [0.2, 0.25) is 0 Å². The molecule has 0 aromatic heterocycles. The van der Waals surface area contributed by atoms with Crippen molar-refractivity contribution in [1.82, 2.24) is 0 Å². The second-order valence-electron chi connectivity index (χ2n) is 3.75. The minimum absolute atomic E-state index is 0.0634. The summed E-state index contributed by atoms with van der Waals surface area (Å²) >= 11 is 5.39. The van der Waals surface area contributed by atoms with E-state index in [9.17, 15) is 22.8 Å². The number of hydrogen-bond donors (Lipinski definition) is 2. The molecule has 104 valence electrons. The molecule has 0 aliphatic heterocycles. The normalized spacial score (nSPS) is 11.6. The summed E-state index contributed by atoms with van der Waals surface area (Å²) in [4.78, 5) is 21.3. The number of carboxylic acids is 2. The van der Waals surface area contributed by atoms with Gasteiger partial charge in [0, 0.05) is 0 Å². The van der Waals surface area contributed by atoms with E-state index >= 15 is 0 Å². The predicted octanol–water partition coefficient (Wildman–Crippen LogP) is 2.69. The highest BCUT2D eigenvalue weighted by Crippen LogP contribution is 2.35. The zero-order chi connectivity index (χ0) is 14.8. The second-order valence-corrected chi connectivity index (χ2v) is 4.15. The van der Waals surface area contributed by atoms with Crippen molar-refractivity contribution in [2.45, 2.75) is 12.6 Å². The van der Waals surface area contributed by atoms with Crippen molar-refractivity contribution in [1.29, 1.82) is 0 Å². The Morgan fingerprint density at radius 2 is 1.74 bits per heavy atom. The van der Waals surface area contributed by atoms with Crippen LogP contribution < -0.4 is 0 Å². The maximum absolute atomic E-state index is 12.6. The van der Waals surface area contributed by atoms with Crippen molar-refractivity contribution in [2.75, 3.05) is 0 Å². The molecule has 4 nitrogen and oxygen atoms in total. The summed E-state index contributed by atoms with van der Waals surface area (Å²) in [6, 6.07) is 2.78. The van der Waals surface area contributed by atoms with E-state index in [1.54, 1.807) is 0 Å². The molecule has 0 spiro atoms. The van der Waals surface area contributed by atoms with Crippen LogP contribution in [0.1, 0.15) is 11.1 Å². The van der Waals surface area contributed by atoms with Gasteiger partial charge in [-0.05, 0) is 24.1 Å². The monoisotopic (exact) mass is 296 g/mol. The van der Waals surface area contributed by atoms with Crippen LogP contribution in [0.25, 0.3) is 0 Å². The van der Waals surface area contributed by atoms with E-state index < -0.39 is 41.0 Å². The lowest BCUT2D eigenvalue weighted by atomic mass is 9.98. The Morgan fingerprint density at radius 3 is 2.16 bits per heavy atom. The highest BCUT2D eigenvalue weighted by atomic mass is 35.5. The van der Waals surface area contributed by atoms with Gasteiger partial charge in [-0.3, -0.25) is 9.59 Å². The molecule has 0 fully saturated rings. The number of rotatable bonds is 4. The number of alkyl halides is 3. The van der Waals surface area contributed by atoms with Crippen LogP contribution in [0.5, 0.6) is 0 Å². The first-order valence-corrected chi connectivity index (χ1v) is 5.32. The second kappa shape index (κ2) is 5.48. The van der Waals surface area contributed by atoms with E-state index in [4.69, 9.17) is 21.8 Å². The Bertz CT molecular complexity index is 499. The van der Waals surface area contributed by atoms with Crippen molar-refractivity contribution in [3.05, 3.63) is 34.3 Å². The summed E-state index contributed by atoms with van der Waals surface area (Å²) in [7, 11) is 0. The van der Waals surface area contributed by atoms with Gasteiger partial charge in [0.15, 0.2) is 5.92 Å². The molecular formula is C11H8ClF3O4. The van der Waals surface area contributed by atoms with Crippen LogP contribution >= 0.6 is 11.6 Å². The van der Waals surface area contributed by atoms with Crippen molar-refractivity contribution in [2.24, 2.45) is 5.92 Å². The van der Waals surface area contributed by atoms with Gasteiger partial charge in [0.25, 0.3) is 0 Å². The minimum Gasteiger partial charge on any atom is -0.481 e. The lowest BCUT2D eigenvalue weighted by molar-refractivity contribution is -0.154. The molecule has 1 aromatic carbocycles. The van der Waals surface area contributed by atoms with E-state index in [0.29, 0.717) is 6.07 Å². The van der Waals surface area contributed by atoms with Gasteiger partial charge in [0.1, 0.15) is 0 Å². The fourth-order valence-electron chi connectivity index (χ4n) is 1.43. The summed E-state index contributed by atoms with van der Waals surface area (Å²) in [5.74, 6) is -5.03. The molecule has 0 atom stereocenters. The molecule has 19 heavy (non-hydrogen) atoms. The van der Waals surface area contributed by atoms with Gasteiger partial charge in [-0.25, -0.2) is 0 Å². The highest BCUT2D eigenvalue weighted by molar-refractivity contribution is 6.31. The summed E-state index contributed by atoms with van der Waals surface area (Å²) in [6.45, 7) is 0. The first-order chi connectivity index (χ1) is 8.62. The Balaban J connectivity index is 3.10. The number of benzene rings is 1. The number of hydrogen-bond acceptors (Lipinski definition) is 2. The molecule has 8 heteroatoms. The SMILES string of the molecule is O=C(O)C(Cc1ccc(Cl)c(C(F)(F)F)c1)C(=O)O. The Morgan fingerprint density at radius 1 is 1.21 bits per heavy atom. The highest BCUT2D eigenvalue weighted by Gasteiger charge is 2.34. The molecule has 0 amide bonds. The fourth-order valence-corrected chi connectivity index (χ4v) is 1.66. The molecule has 2 N–H and O–H groups in total.